The molecule has 3 aromatic rings. The van der Waals surface area contributed by atoms with Crippen LogP contribution in [0.15, 0.2) is 42.0 Å². The van der Waals surface area contributed by atoms with Crippen molar-refractivity contribution in [2.24, 2.45) is 7.05 Å². The van der Waals surface area contributed by atoms with Gasteiger partial charge in [-0.25, -0.2) is 4.98 Å². The van der Waals surface area contributed by atoms with E-state index in [1.807, 2.05) is 29.9 Å². The van der Waals surface area contributed by atoms with Crippen LogP contribution in [0.25, 0.3) is 10.1 Å². The van der Waals surface area contributed by atoms with Crippen molar-refractivity contribution in [1.29, 1.82) is 0 Å². The lowest BCUT2D eigenvalue weighted by Gasteiger charge is -2.09. The molecule has 0 spiro atoms. The second-order valence-corrected chi connectivity index (χ2v) is 5.61. The minimum atomic E-state index is -0.423. The Morgan fingerprint density at radius 3 is 3.00 bits per heavy atom. The van der Waals surface area contributed by atoms with Crippen LogP contribution in [0.4, 0.5) is 0 Å². The fraction of sp³-hybridized carbons (Fsp3) is 0.267. The third-order valence-electron chi connectivity index (χ3n) is 3.43. The Labute approximate surface area is 116 Å². The minimum absolute atomic E-state index is 0.423. The first kappa shape index (κ1) is 12.4. The number of benzene rings is 1. The molecular formula is C15H16N2OS. The lowest BCUT2D eigenvalue weighted by atomic mass is 10.0. The number of rotatable bonds is 4. The van der Waals surface area contributed by atoms with Crippen molar-refractivity contribution >= 4 is 21.4 Å². The lowest BCUT2D eigenvalue weighted by molar-refractivity contribution is 0.168. The molecule has 3 rings (SSSR count). The highest BCUT2D eigenvalue weighted by Crippen LogP contribution is 2.31. The van der Waals surface area contributed by atoms with Crippen LogP contribution in [-0.4, -0.2) is 14.7 Å². The van der Waals surface area contributed by atoms with Gasteiger partial charge in [0, 0.05) is 30.6 Å². The summed E-state index contributed by atoms with van der Waals surface area (Å²) < 4.78 is 3.23. The number of hydrogen-bond acceptors (Lipinski definition) is 3. The van der Waals surface area contributed by atoms with Crippen molar-refractivity contribution in [3.63, 3.8) is 0 Å². The zero-order chi connectivity index (χ0) is 13.2. The van der Waals surface area contributed by atoms with Crippen LogP contribution < -0.4 is 0 Å². The van der Waals surface area contributed by atoms with E-state index in [2.05, 4.69) is 22.5 Å². The molecule has 98 valence electrons. The highest BCUT2D eigenvalue weighted by Gasteiger charge is 2.13. The molecule has 4 heteroatoms. The largest absolute Gasteiger partial charge is 0.388 e. The van der Waals surface area contributed by atoms with Gasteiger partial charge in [0.1, 0.15) is 5.82 Å². The summed E-state index contributed by atoms with van der Waals surface area (Å²) in [5.74, 6) is 1.01. The maximum absolute atomic E-state index is 10.4. The zero-order valence-corrected chi connectivity index (χ0v) is 11.6. The molecule has 0 aliphatic carbocycles. The molecule has 0 saturated heterocycles. The van der Waals surface area contributed by atoms with Gasteiger partial charge in [-0.1, -0.05) is 18.2 Å². The summed E-state index contributed by atoms with van der Waals surface area (Å²) in [6, 6.07) is 8.22. The van der Waals surface area contributed by atoms with Gasteiger partial charge in [0.2, 0.25) is 0 Å². The number of aryl methyl sites for hydroxylation is 2. The van der Waals surface area contributed by atoms with Gasteiger partial charge in [-0.05, 0) is 28.8 Å². The third kappa shape index (κ3) is 2.41. The van der Waals surface area contributed by atoms with E-state index < -0.39 is 6.10 Å². The van der Waals surface area contributed by atoms with Crippen molar-refractivity contribution in [3.8, 4) is 0 Å². The first-order valence-electron chi connectivity index (χ1n) is 6.36. The van der Waals surface area contributed by atoms with E-state index in [0.29, 0.717) is 6.42 Å². The number of aliphatic hydroxyl groups excluding tert-OH is 1. The van der Waals surface area contributed by atoms with Crippen LogP contribution in [0.5, 0.6) is 0 Å². The number of hydrogen-bond donors (Lipinski definition) is 1. The second-order valence-electron chi connectivity index (χ2n) is 4.70. The first-order valence-corrected chi connectivity index (χ1v) is 7.24. The summed E-state index contributed by atoms with van der Waals surface area (Å²) in [5, 5.41) is 13.6. The number of aliphatic hydroxyl groups is 1. The monoisotopic (exact) mass is 272 g/mol. The maximum Gasteiger partial charge on any atom is 0.108 e. The SMILES string of the molecule is Cn1ccnc1CCC(O)c1csc2ccccc12. The molecule has 19 heavy (non-hydrogen) atoms. The maximum atomic E-state index is 10.4. The van der Waals surface area contributed by atoms with E-state index in [1.165, 1.54) is 10.1 Å². The van der Waals surface area contributed by atoms with E-state index in [-0.39, 0.29) is 0 Å². The fourth-order valence-corrected chi connectivity index (χ4v) is 3.32. The quantitative estimate of drug-likeness (QED) is 0.791. The summed E-state index contributed by atoms with van der Waals surface area (Å²) in [4.78, 5) is 4.29. The van der Waals surface area contributed by atoms with E-state index in [1.54, 1.807) is 17.5 Å². The molecule has 0 saturated carbocycles. The summed E-state index contributed by atoms with van der Waals surface area (Å²) in [6.07, 6.45) is 4.79. The topological polar surface area (TPSA) is 38.0 Å². The van der Waals surface area contributed by atoms with E-state index in [0.717, 1.165) is 17.8 Å². The molecule has 1 aromatic carbocycles. The minimum Gasteiger partial charge on any atom is -0.388 e. The molecule has 0 aliphatic rings. The van der Waals surface area contributed by atoms with E-state index in [4.69, 9.17) is 0 Å². The Hall–Kier alpha value is -1.65. The molecule has 0 amide bonds. The second kappa shape index (κ2) is 5.15. The van der Waals surface area contributed by atoms with Gasteiger partial charge in [-0.3, -0.25) is 0 Å². The summed E-state index contributed by atoms with van der Waals surface area (Å²) in [5.41, 5.74) is 1.04. The van der Waals surface area contributed by atoms with Gasteiger partial charge < -0.3 is 9.67 Å². The first-order chi connectivity index (χ1) is 9.25. The molecule has 2 heterocycles. The van der Waals surface area contributed by atoms with Gasteiger partial charge in [-0.2, -0.15) is 0 Å². The Bertz CT molecular complexity index is 686. The molecule has 2 aromatic heterocycles. The molecule has 0 bridgehead atoms. The number of nitrogens with zero attached hydrogens (tertiary/aromatic N) is 2. The van der Waals surface area contributed by atoms with Crippen LogP contribution in [0.3, 0.4) is 0 Å². The predicted octanol–water partition coefficient (Wildman–Crippen LogP) is 3.30. The number of fused-ring (bicyclic) bond motifs is 1. The molecule has 3 nitrogen and oxygen atoms in total. The van der Waals surface area contributed by atoms with Crippen LogP contribution in [0, 0.1) is 0 Å². The Morgan fingerprint density at radius 1 is 1.37 bits per heavy atom. The Morgan fingerprint density at radius 2 is 2.21 bits per heavy atom. The number of thiophene rings is 1. The van der Waals surface area contributed by atoms with Gasteiger partial charge in [-0.15, -0.1) is 11.3 Å². The third-order valence-corrected chi connectivity index (χ3v) is 4.41. The molecule has 1 unspecified atom stereocenters. The van der Waals surface area contributed by atoms with Crippen LogP contribution in [0.2, 0.25) is 0 Å². The van der Waals surface area contributed by atoms with Crippen molar-refractivity contribution in [1.82, 2.24) is 9.55 Å². The zero-order valence-electron chi connectivity index (χ0n) is 10.8. The van der Waals surface area contributed by atoms with Crippen LogP contribution in [-0.2, 0) is 13.5 Å². The summed E-state index contributed by atoms with van der Waals surface area (Å²) in [7, 11) is 1.98. The summed E-state index contributed by atoms with van der Waals surface area (Å²) in [6.45, 7) is 0. The normalized spacial score (nSPS) is 12.9. The van der Waals surface area contributed by atoms with E-state index in [9.17, 15) is 5.11 Å². The highest BCUT2D eigenvalue weighted by atomic mass is 32.1. The molecule has 1 atom stereocenters. The Balaban J connectivity index is 1.77. The van der Waals surface area contributed by atoms with Crippen LogP contribution >= 0.6 is 11.3 Å². The van der Waals surface area contributed by atoms with Gasteiger partial charge in [0.05, 0.1) is 6.10 Å². The predicted molar refractivity (Wildman–Crippen MR) is 78.3 cm³/mol. The molecule has 0 radical (unpaired) electrons. The van der Waals surface area contributed by atoms with Crippen LogP contribution in [0.1, 0.15) is 23.9 Å². The average Bonchev–Trinajstić information content (AvgIpc) is 3.02. The Kier molecular flexibility index (Phi) is 3.36. The highest BCUT2D eigenvalue weighted by molar-refractivity contribution is 7.17. The fourth-order valence-electron chi connectivity index (χ4n) is 2.32. The number of imidazole rings is 1. The van der Waals surface area contributed by atoms with Crippen molar-refractivity contribution in [2.75, 3.05) is 0 Å². The van der Waals surface area contributed by atoms with Crippen molar-refractivity contribution < 1.29 is 5.11 Å². The van der Waals surface area contributed by atoms with E-state index >= 15 is 0 Å². The standard InChI is InChI=1S/C15H16N2OS/c1-17-9-8-16-15(17)7-6-13(18)12-10-19-14-5-3-2-4-11(12)14/h2-5,8-10,13,18H,6-7H2,1H3. The molecular weight excluding hydrogens is 256 g/mol. The smallest absolute Gasteiger partial charge is 0.108 e. The molecule has 0 aliphatic heterocycles. The summed E-state index contributed by atoms with van der Waals surface area (Å²) >= 11 is 1.69. The molecule has 0 fully saturated rings. The molecule has 1 N–H and O–H groups in total. The van der Waals surface area contributed by atoms with Gasteiger partial charge >= 0.3 is 0 Å². The lowest BCUT2D eigenvalue weighted by Crippen LogP contribution is -2.03. The number of aromatic nitrogens is 2. The van der Waals surface area contributed by atoms with Crippen molar-refractivity contribution in [2.45, 2.75) is 18.9 Å². The average molecular weight is 272 g/mol. The van der Waals surface area contributed by atoms with Gasteiger partial charge in [0.25, 0.3) is 0 Å². The van der Waals surface area contributed by atoms with Crippen molar-refractivity contribution in [3.05, 3.63) is 53.4 Å². The van der Waals surface area contributed by atoms with Gasteiger partial charge in [0.15, 0.2) is 0 Å².